The fraction of sp³-hybridized carbons (Fsp3) is 0.615. The molecule has 3 nitrogen and oxygen atoms in total. The van der Waals surface area contributed by atoms with Gasteiger partial charge in [0.1, 0.15) is 0 Å². The Kier molecular flexibility index (Phi) is 3.91. The smallest absolute Gasteiger partial charge is 0.0595 e. The average Bonchev–Trinajstić information content (AvgIpc) is 2.33. The molecule has 1 aromatic rings. The molecule has 1 fully saturated rings. The third-order valence-electron chi connectivity index (χ3n) is 3.23. The van der Waals surface area contributed by atoms with Crippen LogP contribution in [0.2, 0.25) is 0 Å². The summed E-state index contributed by atoms with van der Waals surface area (Å²) in [5.41, 5.74) is 2.39. The van der Waals surface area contributed by atoms with Gasteiger partial charge in [-0.25, -0.2) is 0 Å². The molecule has 16 heavy (non-hydrogen) atoms. The summed E-state index contributed by atoms with van der Waals surface area (Å²) in [4.78, 5) is 6.89. The second-order valence-corrected chi connectivity index (χ2v) is 4.54. The van der Waals surface area contributed by atoms with Gasteiger partial charge in [-0.1, -0.05) is 6.07 Å². The molecule has 0 unspecified atom stereocenters. The summed E-state index contributed by atoms with van der Waals surface area (Å²) in [7, 11) is 1.81. The predicted molar refractivity (Wildman–Crippen MR) is 64.3 cm³/mol. The van der Waals surface area contributed by atoms with Gasteiger partial charge in [-0.2, -0.15) is 0 Å². The van der Waals surface area contributed by atoms with E-state index in [1.54, 1.807) is 0 Å². The quantitative estimate of drug-likeness (QED) is 0.779. The van der Waals surface area contributed by atoms with Crippen LogP contribution in [0.4, 0.5) is 0 Å². The zero-order valence-corrected chi connectivity index (χ0v) is 10.1. The van der Waals surface area contributed by atoms with E-state index in [9.17, 15) is 0 Å². The van der Waals surface area contributed by atoms with Crippen molar-refractivity contribution in [3.63, 3.8) is 0 Å². The summed E-state index contributed by atoms with van der Waals surface area (Å²) in [5.74, 6) is 0. The Hall–Kier alpha value is -0.930. The Bertz CT molecular complexity index is 315. The van der Waals surface area contributed by atoms with Gasteiger partial charge >= 0.3 is 0 Å². The predicted octanol–water partition coefficient (Wildman–Crippen LogP) is 2.00. The molecule has 2 rings (SSSR count). The van der Waals surface area contributed by atoms with Gasteiger partial charge in [0.25, 0.3) is 0 Å². The van der Waals surface area contributed by atoms with Gasteiger partial charge in [0.05, 0.1) is 11.8 Å². The van der Waals surface area contributed by atoms with Crippen LogP contribution in [-0.2, 0) is 11.3 Å². The summed E-state index contributed by atoms with van der Waals surface area (Å²) >= 11 is 0. The molecular weight excluding hydrogens is 200 g/mol. The van der Waals surface area contributed by atoms with Gasteiger partial charge in [-0.15, -0.1) is 0 Å². The molecule has 0 aliphatic carbocycles. The summed E-state index contributed by atoms with van der Waals surface area (Å²) in [6.45, 7) is 5.28. The number of nitrogens with zero attached hydrogens (tertiary/aromatic N) is 2. The van der Waals surface area contributed by atoms with E-state index in [2.05, 4.69) is 28.9 Å². The molecule has 2 heterocycles. The highest BCUT2D eigenvalue weighted by Crippen LogP contribution is 2.14. The Morgan fingerprint density at radius 1 is 1.38 bits per heavy atom. The van der Waals surface area contributed by atoms with E-state index < -0.39 is 0 Å². The molecule has 1 aromatic heterocycles. The number of rotatable bonds is 3. The topological polar surface area (TPSA) is 25.4 Å². The zero-order chi connectivity index (χ0) is 11.4. The number of pyridine rings is 1. The number of aromatic nitrogens is 1. The highest BCUT2D eigenvalue weighted by molar-refractivity contribution is 5.12. The standard InChI is InChI=1S/C13H20N2O/c1-11-3-4-12(14-9-11)10-15-7-5-13(16-2)6-8-15/h3-4,9,13H,5-8,10H2,1-2H3. The number of piperidine rings is 1. The zero-order valence-electron chi connectivity index (χ0n) is 10.1. The van der Waals surface area contributed by atoms with E-state index in [0.717, 1.165) is 32.5 Å². The maximum Gasteiger partial charge on any atom is 0.0595 e. The molecule has 0 radical (unpaired) electrons. The minimum Gasteiger partial charge on any atom is -0.381 e. The van der Waals surface area contributed by atoms with Gasteiger partial charge in [-0.05, 0) is 31.4 Å². The molecule has 1 saturated heterocycles. The van der Waals surface area contributed by atoms with Gasteiger partial charge in [0.15, 0.2) is 0 Å². The normalized spacial score (nSPS) is 18.9. The molecular formula is C13H20N2O. The first kappa shape index (κ1) is 11.6. The molecule has 0 amide bonds. The molecule has 0 bridgehead atoms. The van der Waals surface area contributed by atoms with Crippen molar-refractivity contribution in [2.75, 3.05) is 20.2 Å². The van der Waals surface area contributed by atoms with Crippen LogP contribution in [0.5, 0.6) is 0 Å². The van der Waals surface area contributed by atoms with E-state index in [4.69, 9.17) is 4.74 Å². The first-order chi connectivity index (χ1) is 7.78. The summed E-state index contributed by atoms with van der Waals surface area (Å²) in [5, 5.41) is 0. The molecule has 3 heteroatoms. The van der Waals surface area contributed by atoms with Gasteiger partial charge in [0, 0.05) is 32.9 Å². The van der Waals surface area contributed by atoms with Crippen LogP contribution in [-0.4, -0.2) is 36.2 Å². The second kappa shape index (κ2) is 5.41. The lowest BCUT2D eigenvalue weighted by atomic mass is 10.1. The van der Waals surface area contributed by atoms with Crippen molar-refractivity contribution < 1.29 is 4.74 Å². The molecule has 0 spiro atoms. The molecule has 88 valence electrons. The minimum absolute atomic E-state index is 0.460. The lowest BCUT2D eigenvalue weighted by molar-refractivity contribution is 0.0385. The molecule has 0 saturated carbocycles. The van der Waals surface area contributed by atoms with E-state index in [1.165, 1.54) is 11.3 Å². The van der Waals surface area contributed by atoms with Crippen LogP contribution < -0.4 is 0 Å². The van der Waals surface area contributed by atoms with Gasteiger partial charge in [0.2, 0.25) is 0 Å². The highest BCUT2D eigenvalue weighted by Gasteiger charge is 2.18. The number of methoxy groups -OCH3 is 1. The Morgan fingerprint density at radius 2 is 2.12 bits per heavy atom. The van der Waals surface area contributed by atoms with E-state index in [0.29, 0.717) is 6.10 Å². The third-order valence-corrected chi connectivity index (χ3v) is 3.23. The Labute approximate surface area is 97.4 Å². The van der Waals surface area contributed by atoms with Crippen molar-refractivity contribution in [2.45, 2.75) is 32.4 Å². The van der Waals surface area contributed by atoms with Crippen molar-refractivity contribution >= 4 is 0 Å². The Morgan fingerprint density at radius 3 is 2.69 bits per heavy atom. The largest absolute Gasteiger partial charge is 0.381 e. The molecule has 0 atom stereocenters. The number of ether oxygens (including phenoxy) is 1. The third kappa shape index (κ3) is 3.03. The van der Waals surface area contributed by atoms with Crippen LogP contribution in [0.3, 0.4) is 0 Å². The maximum atomic E-state index is 5.36. The molecule has 0 aromatic carbocycles. The average molecular weight is 220 g/mol. The number of likely N-dealkylation sites (tertiary alicyclic amines) is 1. The highest BCUT2D eigenvalue weighted by atomic mass is 16.5. The van der Waals surface area contributed by atoms with Gasteiger partial charge in [-0.3, -0.25) is 9.88 Å². The molecule has 1 aliphatic heterocycles. The molecule has 1 aliphatic rings. The van der Waals surface area contributed by atoms with Crippen LogP contribution >= 0.6 is 0 Å². The van der Waals surface area contributed by atoms with Crippen LogP contribution in [0.25, 0.3) is 0 Å². The SMILES string of the molecule is COC1CCN(Cc2ccc(C)cn2)CC1. The van der Waals surface area contributed by atoms with E-state index >= 15 is 0 Å². The lowest BCUT2D eigenvalue weighted by Crippen LogP contribution is -2.36. The van der Waals surface area contributed by atoms with Gasteiger partial charge < -0.3 is 4.74 Å². The summed E-state index contributed by atoms with van der Waals surface area (Å²) in [6, 6.07) is 4.25. The maximum absolute atomic E-state index is 5.36. The summed E-state index contributed by atoms with van der Waals surface area (Å²) < 4.78 is 5.36. The van der Waals surface area contributed by atoms with E-state index in [-0.39, 0.29) is 0 Å². The minimum atomic E-state index is 0.460. The van der Waals surface area contributed by atoms with Crippen molar-refractivity contribution in [1.82, 2.24) is 9.88 Å². The number of aryl methyl sites for hydroxylation is 1. The van der Waals surface area contributed by atoms with Crippen molar-refractivity contribution in [1.29, 1.82) is 0 Å². The van der Waals surface area contributed by atoms with Crippen molar-refractivity contribution in [3.8, 4) is 0 Å². The fourth-order valence-corrected chi connectivity index (χ4v) is 2.12. The Balaban J connectivity index is 1.84. The van der Waals surface area contributed by atoms with Crippen molar-refractivity contribution in [2.24, 2.45) is 0 Å². The van der Waals surface area contributed by atoms with Crippen molar-refractivity contribution in [3.05, 3.63) is 29.6 Å². The monoisotopic (exact) mass is 220 g/mol. The second-order valence-electron chi connectivity index (χ2n) is 4.54. The van der Waals surface area contributed by atoms with Crippen LogP contribution in [0.15, 0.2) is 18.3 Å². The first-order valence-corrected chi connectivity index (χ1v) is 5.94. The first-order valence-electron chi connectivity index (χ1n) is 5.94. The van der Waals surface area contributed by atoms with Crippen LogP contribution in [0, 0.1) is 6.92 Å². The van der Waals surface area contributed by atoms with Crippen LogP contribution in [0.1, 0.15) is 24.1 Å². The number of hydrogen-bond donors (Lipinski definition) is 0. The number of hydrogen-bond acceptors (Lipinski definition) is 3. The molecule has 0 N–H and O–H groups in total. The summed E-state index contributed by atoms with van der Waals surface area (Å²) in [6.07, 6.45) is 4.68. The fourth-order valence-electron chi connectivity index (χ4n) is 2.12. The van der Waals surface area contributed by atoms with E-state index in [1.807, 2.05) is 13.3 Å². The lowest BCUT2D eigenvalue weighted by Gasteiger charge is -2.30.